The summed E-state index contributed by atoms with van der Waals surface area (Å²) in [5.74, 6) is 0. The van der Waals surface area contributed by atoms with Crippen molar-refractivity contribution in [2.24, 2.45) is 0 Å². The Hall–Kier alpha value is -0.690. The molecule has 0 aliphatic carbocycles. The second-order valence-corrected chi connectivity index (χ2v) is 7.42. The molecule has 20 heavy (non-hydrogen) atoms. The fraction of sp³-hybridized carbons (Fsp3) is 0.500. The van der Waals surface area contributed by atoms with Gasteiger partial charge in [0.25, 0.3) is 0 Å². The van der Waals surface area contributed by atoms with Crippen LogP contribution in [-0.2, 0) is 4.74 Å². The van der Waals surface area contributed by atoms with E-state index in [1.807, 2.05) is 39.0 Å². The minimum Gasteiger partial charge on any atom is -0.444 e. The second kappa shape index (κ2) is 5.97. The standard InChI is InChI=1S/C14H18ClIN2O2/c1-14(2,3)20-13(19)18-7-10(8-18)17-9-4-5-12(16)11(15)6-9/h4-6,10,17H,7-8H2,1-3H3. The number of benzene rings is 1. The van der Waals surface area contributed by atoms with Gasteiger partial charge >= 0.3 is 6.09 Å². The van der Waals surface area contributed by atoms with E-state index < -0.39 is 5.60 Å². The largest absolute Gasteiger partial charge is 0.444 e. The van der Waals surface area contributed by atoms with Crippen LogP contribution in [0.3, 0.4) is 0 Å². The summed E-state index contributed by atoms with van der Waals surface area (Å²) in [4.78, 5) is 13.5. The average Bonchev–Trinajstić information content (AvgIpc) is 2.25. The van der Waals surface area contributed by atoms with E-state index in [9.17, 15) is 4.79 Å². The summed E-state index contributed by atoms with van der Waals surface area (Å²) in [6.45, 7) is 6.91. The number of ether oxygens (including phenoxy) is 1. The molecule has 1 amide bonds. The van der Waals surface area contributed by atoms with Crippen LogP contribution in [0.5, 0.6) is 0 Å². The molecule has 4 nitrogen and oxygen atoms in total. The molecule has 1 saturated heterocycles. The maximum absolute atomic E-state index is 11.8. The van der Waals surface area contributed by atoms with Crippen molar-refractivity contribution in [3.63, 3.8) is 0 Å². The second-order valence-electron chi connectivity index (χ2n) is 5.86. The summed E-state index contributed by atoms with van der Waals surface area (Å²) in [7, 11) is 0. The van der Waals surface area contributed by atoms with E-state index in [1.54, 1.807) is 4.90 Å². The van der Waals surface area contributed by atoms with Crippen molar-refractivity contribution in [2.75, 3.05) is 18.4 Å². The summed E-state index contributed by atoms with van der Waals surface area (Å²) in [5.41, 5.74) is 0.531. The van der Waals surface area contributed by atoms with Gasteiger partial charge in [-0.3, -0.25) is 0 Å². The number of halogens is 2. The third kappa shape index (κ3) is 4.15. The molecule has 0 atom stereocenters. The molecule has 6 heteroatoms. The molecule has 0 radical (unpaired) electrons. The van der Waals surface area contributed by atoms with Gasteiger partial charge in [-0.05, 0) is 61.6 Å². The van der Waals surface area contributed by atoms with Gasteiger partial charge in [0, 0.05) is 22.3 Å². The molecule has 1 N–H and O–H groups in total. The van der Waals surface area contributed by atoms with Crippen molar-refractivity contribution in [3.05, 3.63) is 26.8 Å². The number of nitrogens with one attached hydrogen (secondary N) is 1. The highest BCUT2D eigenvalue weighted by atomic mass is 127. The first-order chi connectivity index (χ1) is 9.24. The minimum absolute atomic E-state index is 0.249. The molecule has 0 bridgehead atoms. The number of likely N-dealkylation sites (tertiary alicyclic amines) is 1. The molecule has 2 rings (SSSR count). The number of hydrogen-bond acceptors (Lipinski definition) is 3. The normalized spacial score (nSPS) is 15.8. The van der Waals surface area contributed by atoms with E-state index >= 15 is 0 Å². The van der Waals surface area contributed by atoms with E-state index in [-0.39, 0.29) is 12.1 Å². The Morgan fingerprint density at radius 1 is 1.45 bits per heavy atom. The van der Waals surface area contributed by atoms with E-state index in [2.05, 4.69) is 27.9 Å². The molecule has 1 heterocycles. The van der Waals surface area contributed by atoms with E-state index in [4.69, 9.17) is 16.3 Å². The third-order valence-electron chi connectivity index (χ3n) is 2.82. The zero-order valence-electron chi connectivity index (χ0n) is 11.7. The number of rotatable bonds is 2. The van der Waals surface area contributed by atoms with Gasteiger partial charge in [0.15, 0.2) is 0 Å². The van der Waals surface area contributed by atoms with Crippen molar-refractivity contribution in [1.29, 1.82) is 0 Å². The fourth-order valence-corrected chi connectivity index (χ4v) is 2.38. The molecule has 110 valence electrons. The number of anilines is 1. The lowest BCUT2D eigenvalue weighted by Gasteiger charge is -2.40. The van der Waals surface area contributed by atoms with E-state index in [0.717, 1.165) is 14.3 Å². The summed E-state index contributed by atoms with van der Waals surface area (Å²) in [6, 6.07) is 6.11. The molecule has 1 aliphatic heterocycles. The summed E-state index contributed by atoms with van der Waals surface area (Å²) in [6.07, 6.45) is -0.254. The van der Waals surface area contributed by atoms with Gasteiger partial charge in [-0.2, -0.15) is 0 Å². The Kier molecular flexibility index (Phi) is 4.69. The SMILES string of the molecule is CC(C)(C)OC(=O)N1CC(Nc2ccc(I)c(Cl)c2)C1. The highest BCUT2D eigenvalue weighted by molar-refractivity contribution is 14.1. The maximum atomic E-state index is 11.8. The Morgan fingerprint density at radius 2 is 2.10 bits per heavy atom. The number of nitrogens with zero attached hydrogens (tertiary/aromatic N) is 1. The zero-order valence-corrected chi connectivity index (χ0v) is 14.7. The van der Waals surface area contributed by atoms with Crippen LogP contribution < -0.4 is 5.32 Å². The van der Waals surface area contributed by atoms with Crippen LogP contribution in [0.1, 0.15) is 20.8 Å². The lowest BCUT2D eigenvalue weighted by molar-refractivity contribution is 0.0105. The van der Waals surface area contributed by atoms with Gasteiger partial charge in [0.05, 0.1) is 11.1 Å². The first-order valence-electron chi connectivity index (χ1n) is 6.44. The topological polar surface area (TPSA) is 41.6 Å². The van der Waals surface area contributed by atoms with Crippen LogP contribution in [0, 0.1) is 3.57 Å². The van der Waals surface area contributed by atoms with Gasteiger partial charge in [-0.1, -0.05) is 11.6 Å². The predicted molar refractivity (Wildman–Crippen MR) is 89.4 cm³/mol. The molecule has 0 spiro atoms. The smallest absolute Gasteiger partial charge is 0.410 e. The van der Waals surface area contributed by atoms with Crippen LogP contribution in [0.2, 0.25) is 5.02 Å². The summed E-state index contributed by atoms with van der Waals surface area (Å²) >= 11 is 8.27. The Bertz CT molecular complexity index is 510. The van der Waals surface area contributed by atoms with Gasteiger partial charge < -0.3 is 15.0 Å². The highest BCUT2D eigenvalue weighted by Crippen LogP contribution is 2.24. The van der Waals surface area contributed by atoms with E-state index in [0.29, 0.717) is 13.1 Å². The van der Waals surface area contributed by atoms with Gasteiger partial charge in [-0.25, -0.2) is 4.79 Å². The number of amides is 1. The van der Waals surface area contributed by atoms with Gasteiger partial charge in [0.2, 0.25) is 0 Å². The van der Waals surface area contributed by atoms with Crippen LogP contribution in [0.15, 0.2) is 18.2 Å². The summed E-state index contributed by atoms with van der Waals surface area (Å²) in [5, 5.41) is 4.09. The van der Waals surface area contributed by atoms with Crippen LogP contribution in [0.4, 0.5) is 10.5 Å². The molecule has 0 aromatic heterocycles. The molecule has 1 aromatic rings. The Labute approximate surface area is 137 Å². The summed E-state index contributed by atoms with van der Waals surface area (Å²) < 4.78 is 6.34. The highest BCUT2D eigenvalue weighted by Gasteiger charge is 2.33. The van der Waals surface area contributed by atoms with Crippen molar-refractivity contribution >= 4 is 46.0 Å². The number of carbonyl (C=O) groups excluding carboxylic acids is 1. The Balaban J connectivity index is 1.82. The van der Waals surface area contributed by atoms with E-state index in [1.165, 1.54) is 0 Å². The van der Waals surface area contributed by atoms with Crippen molar-refractivity contribution in [1.82, 2.24) is 4.90 Å². The Morgan fingerprint density at radius 3 is 2.65 bits per heavy atom. The van der Waals surface area contributed by atoms with Crippen LogP contribution >= 0.6 is 34.2 Å². The average molecular weight is 409 g/mol. The lowest BCUT2D eigenvalue weighted by atomic mass is 10.1. The first-order valence-corrected chi connectivity index (χ1v) is 7.90. The molecular formula is C14H18ClIN2O2. The van der Waals surface area contributed by atoms with Crippen LogP contribution in [-0.4, -0.2) is 35.7 Å². The van der Waals surface area contributed by atoms with Crippen molar-refractivity contribution in [2.45, 2.75) is 32.4 Å². The number of hydrogen-bond donors (Lipinski definition) is 1. The quantitative estimate of drug-likeness (QED) is 0.753. The fourth-order valence-electron chi connectivity index (χ4n) is 1.87. The number of carbonyl (C=O) groups is 1. The minimum atomic E-state index is -0.445. The molecular weight excluding hydrogens is 391 g/mol. The van der Waals surface area contributed by atoms with Crippen molar-refractivity contribution < 1.29 is 9.53 Å². The third-order valence-corrected chi connectivity index (χ3v) is 4.40. The maximum Gasteiger partial charge on any atom is 0.410 e. The predicted octanol–water partition coefficient (Wildman–Crippen LogP) is 3.98. The van der Waals surface area contributed by atoms with Crippen molar-refractivity contribution in [3.8, 4) is 0 Å². The zero-order chi connectivity index (χ0) is 14.9. The lowest BCUT2D eigenvalue weighted by Crippen LogP contribution is -2.57. The van der Waals surface area contributed by atoms with Gasteiger partial charge in [-0.15, -0.1) is 0 Å². The van der Waals surface area contributed by atoms with Gasteiger partial charge in [0.1, 0.15) is 5.60 Å². The molecule has 0 unspecified atom stereocenters. The molecule has 0 saturated carbocycles. The molecule has 1 aliphatic rings. The molecule has 1 fully saturated rings. The monoisotopic (exact) mass is 408 g/mol. The first kappa shape index (κ1) is 15.7. The molecule has 1 aromatic carbocycles. The van der Waals surface area contributed by atoms with Crippen LogP contribution in [0.25, 0.3) is 0 Å².